The maximum atomic E-state index is 13.1. The van der Waals surface area contributed by atoms with Crippen LogP contribution in [0.3, 0.4) is 0 Å². The number of carbonyl (C=O) groups is 1. The fourth-order valence-corrected chi connectivity index (χ4v) is 4.83. The summed E-state index contributed by atoms with van der Waals surface area (Å²) in [5.74, 6) is 0.754. The quantitative estimate of drug-likeness (QED) is 0.652. The molecular formula is C26H27FN4O. The van der Waals surface area contributed by atoms with Crippen molar-refractivity contribution in [1.29, 1.82) is 0 Å². The highest BCUT2D eigenvalue weighted by molar-refractivity contribution is 5.79. The molecule has 0 saturated carbocycles. The zero-order valence-electron chi connectivity index (χ0n) is 18.0. The molecule has 2 heterocycles. The topological polar surface area (TPSA) is 58.1 Å². The van der Waals surface area contributed by atoms with Gasteiger partial charge in [-0.25, -0.2) is 4.39 Å². The number of aryl methyl sites for hydroxylation is 1. The number of anilines is 1. The summed E-state index contributed by atoms with van der Waals surface area (Å²) in [6, 6.07) is 18.7. The zero-order chi connectivity index (χ0) is 21.9. The van der Waals surface area contributed by atoms with Gasteiger partial charge >= 0.3 is 0 Å². The molecule has 2 aliphatic rings. The van der Waals surface area contributed by atoms with Crippen LogP contribution >= 0.6 is 0 Å². The summed E-state index contributed by atoms with van der Waals surface area (Å²) in [6.45, 7) is 1.56. The number of rotatable bonds is 4. The summed E-state index contributed by atoms with van der Waals surface area (Å²) in [5, 5.41) is 12.0. The second kappa shape index (κ2) is 9.07. The molecular weight excluding hydrogens is 403 g/mol. The molecule has 1 amide bonds. The Morgan fingerprint density at radius 2 is 1.72 bits per heavy atom. The van der Waals surface area contributed by atoms with Gasteiger partial charge in [-0.3, -0.25) is 4.79 Å². The Labute approximate surface area is 187 Å². The number of halogens is 1. The summed E-state index contributed by atoms with van der Waals surface area (Å²) in [5.41, 5.74) is 4.20. The van der Waals surface area contributed by atoms with Gasteiger partial charge in [0.1, 0.15) is 5.82 Å². The van der Waals surface area contributed by atoms with Crippen molar-refractivity contribution in [2.75, 3.05) is 18.0 Å². The van der Waals surface area contributed by atoms with Crippen molar-refractivity contribution in [2.24, 2.45) is 5.92 Å². The maximum absolute atomic E-state index is 13.1. The molecule has 3 aromatic rings. The van der Waals surface area contributed by atoms with Gasteiger partial charge in [0, 0.05) is 24.6 Å². The number of piperidine rings is 1. The van der Waals surface area contributed by atoms with Gasteiger partial charge in [0.15, 0.2) is 5.82 Å². The van der Waals surface area contributed by atoms with E-state index in [1.807, 2.05) is 12.1 Å². The van der Waals surface area contributed by atoms with E-state index in [2.05, 4.69) is 44.7 Å². The lowest BCUT2D eigenvalue weighted by Gasteiger charge is -2.33. The van der Waals surface area contributed by atoms with Gasteiger partial charge < -0.3 is 10.2 Å². The van der Waals surface area contributed by atoms with E-state index >= 15 is 0 Å². The first-order valence-corrected chi connectivity index (χ1v) is 11.4. The number of nitrogens with one attached hydrogen (secondary N) is 1. The Bertz CT molecular complexity index is 1080. The van der Waals surface area contributed by atoms with E-state index < -0.39 is 0 Å². The number of amides is 1. The van der Waals surface area contributed by atoms with Gasteiger partial charge in [-0.1, -0.05) is 24.3 Å². The van der Waals surface area contributed by atoms with Crippen LogP contribution in [0.25, 0.3) is 11.3 Å². The average molecular weight is 431 g/mol. The van der Waals surface area contributed by atoms with Crippen LogP contribution in [0.5, 0.6) is 0 Å². The van der Waals surface area contributed by atoms with Gasteiger partial charge in [0.2, 0.25) is 5.91 Å². The van der Waals surface area contributed by atoms with E-state index in [-0.39, 0.29) is 23.7 Å². The van der Waals surface area contributed by atoms with Crippen molar-refractivity contribution in [2.45, 2.75) is 38.1 Å². The molecule has 32 heavy (non-hydrogen) atoms. The largest absolute Gasteiger partial charge is 0.355 e. The molecule has 1 aromatic heterocycles. The Kier molecular flexibility index (Phi) is 5.84. The van der Waals surface area contributed by atoms with Crippen molar-refractivity contribution in [1.82, 2.24) is 15.5 Å². The fraction of sp³-hybridized carbons (Fsp3) is 0.346. The average Bonchev–Trinajstić information content (AvgIpc) is 2.85. The van der Waals surface area contributed by atoms with E-state index in [4.69, 9.17) is 0 Å². The van der Waals surface area contributed by atoms with Gasteiger partial charge in [-0.2, -0.15) is 0 Å². The molecule has 1 fully saturated rings. The molecule has 5 nitrogen and oxygen atoms in total. The smallest absolute Gasteiger partial charge is 0.223 e. The summed E-state index contributed by atoms with van der Waals surface area (Å²) in [7, 11) is 0. The normalized spacial score (nSPS) is 18.8. The molecule has 164 valence electrons. The molecule has 1 aliphatic heterocycles. The predicted octanol–water partition coefficient (Wildman–Crippen LogP) is 4.69. The third kappa shape index (κ3) is 4.35. The lowest BCUT2D eigenvalue weighted by atomic mass is 9.87. The van der Waals surface area contributed by atoms with E-state index in [0.29, 0.717) is 0 Å². The lowest BCUT2D eigenvalue weighted by Crippen LogP contribution is -2.42. The molecule has 2 aromatic carbocycles. The summed E-state index contributed by atoms with van der Waals surface area (Å²) in [4.78, 5) is 15.1. The van der Waals surface area contributed by atoms with Crippen LogP contribution in [0.4, 0.5) is 10.2 Å². The Balaban J connectivity index is 1.17. The van der Waals surface area contributed by atoms with Crippen LogP contribution in [0.2, 0.25) is 0 Å². The van der Waals surface area contributed by atoms with Crippen LogP contribution in [0, 0.1) is 11.7 Å². The predicted molar refractivity (Wildman–Crippen MR) is 123 cm³/mol. The number of nitrogens with zero attached hydrogens (tertiary/aromatic N) is 3. The highest BCUT2D eigenvalue weighted by Gasteiger charge is 2.29. The number of aromatic nitrogens is 2. The van der Waals surface area contributed by atoms with Gasteiger partial charge in [0.05, 0.1) is 11.7 Å². The number of benzene rings is 2. The minimum atomic E-state index is -0.266. The van der Waals surface area contributed by atoms with Crippen LogP contribution < -0.4 is 10.2 Å². The van der Waals surface area contributed by atoms with Crippen molar-refractivity contribution in [3.05, 3.63) is 77.6 Å². The third-order valence-electron chi connectivity index (χ3n) is 6.67. The highest BCUT2D eigenvalue weighted by Crippen LogP contribution is 2.31. The molecule has 0 unspecified atom stereocenters. The Morgan fingerprint density at radius 1 is 0.938 bits per heavy atom. The first-order chi connectivity index (χ1) is 15.7. The molecule has 5 rings (SSSR count). The lowest BCUT2D eigenvalue weighted by molar-refractivity contribution is -0.126. The van der Waals surface area contributed by atoms with Gasteiger partial charge in [-0.15, -0.1) is 10.2 Å². The zero-order valence-corrected chi connectivity index (χ0v) is 18.0. The Morgan fingerprint density at radius 3 is 2.47 bits per heavy atom. The Hall–Kier alpha value is -3.28. The van der Waals surface area contributed by atoms with Crippen LogP contribution in [0.15, 0.2) is 60.7 Å². The van der Waals surface area contributed by atoms with Gasteiger partial charge in [0.25, 0.3) is 0 Å². The SMILES string of the molecule is O=C(N[C@H]1CCCc2ccccc21)C1CCN(c2ccc(-c3ccc(F)cc3)nn2)CC1. The minimum Gasteiger partial charge on any atom is -0.355 e. The monoisotopic (exact) mass is 430 g/mol. The fourth-order valence-electron chi connectivity index (χ4n) is 4.83. The third-order valence-corrected chi connectivity index (χ3v) is 6.67. The number of hydrogen-bond acceptors (Lipinski definition) is 4. The maximum Gasteiger partial charge on any atom is 0.223 e. The first-order valence-electron chi connectivity index (χ1n) is 11.4. The van der Waals surface area contributed by atoms with E-state index in [1.165, 1.54) is 23.3 Å². The highest BCUT2D eigenvalue weighted by atomic mass is 19.1. The number of carbonyl (C=O) groups excluding carboxylic acids is 1. The van der Waals surface area contributed by atoms with E-state index in [9.17, 15) is 9.18 Å². The molecule has 6 heteroatoms. The van der Waals surface area contributed by atoms with E-state index in [1.54, 1.807) is 12.1 Å². The van der Waals surface area contributed by atoms with Crippen molar-refractivity contribution in [3.63, 3.8) is 0 Å². The standard InChI is InChI=1S/C26H27FN4O/c27-21-10-8-19(9-11-21)23-12-13-25(30-29-23)31-16-14-20(15-17-31)26(32)28-24-7-3-5-18-4-1-2-6-22(18)24/h1-2,4,6,8-13,20,24H,3,5,7,14-17H2,(H,28,32)/t24-/m0/s1. The number of fused-ring (bicyclic) bond motifs is 1. The summed E-state index contributed by atoms with van der Waals surface area (Å²) >= 11 is 0. The van der Waals surface area contributed by atoms with Crippen LogP contribution in [-0.2, 0) is 11.2 Å². The van der Waals surface area contributed by atoms with Crippen molar-refractivity contribution >= 4 is 11.7 Å². The van der Waals surface area contributed by atoms with Crippen molar-refractivity contribution in [3.8, 4) is 11.3 Å². The van der Waals surface area contributed by atoms with Crippen molar-refractivity contribution < 1.29 is 9.18 Å². The molecule has 1 aliphatic carbocycles. The molecule has 0 radical (unpaired) electrons. The summed E-state index contributed by atoms with van der Waals surface area (Å²) < 4.78 is 13.1. The number of hydrogen-bond donors (Lipinski definition) is 1. The van der Waals surface area contributed by atoms with E-state index in [0.717, 1.165) is 62.3 Å². The first kappa shape index (κ1) is 20.6. The minimum absolute atomic E-state index is 0.0341. The molecule has 0 bridgehead atoms. The molecule has 0 spiro atoms. The van der Waals surface area contributed by atoms with Crippen LogP contribution in [-0.4, -0.2) is 29.2 Å². The second-order valence-electron chi connectivity index (χ2n) is 8.70. The van der Waals surface area contributed by atoms with Gasteiger partial charge in [-0.05, 0) is 79.6 Å². The van der Waals surface area contributed by atoms with Crippen LogP contribution in [0.1, 0.15) is 42.9 Å². The second-order valence-corrected chi connectivity index (χ2v) is 8.70. The molecule has 1 N–H and O–H groups in total. The molecule has 1 atom stereocenters. The summed E-state index contributed by atoms with van der Waals surface area (Å²) in [6.07, 6.45) is 4.84. The molecule has 1 saturated heterocycles.